The van der Waals surface area contributed by atoms with Crippen molar-refractivity contribution in [3.8, 4) is 11.8 Å². The van der Waals surface area contributed by atoms with Crippen LogP contribution in [0.1, 0.15) is 24.5 Å². The van der Waals surface area contributed by atoms with Gasteiger partial charge in [0, 0.05) is 11.5 Å². The van der Waals surface area contributed by atoms with Crippen LogP contribution in [0.15, 0.2) is 24.3 Å². The zero-order chi connectivity index (χ0) is 11.1. The Morgan fingerprint density at radius 3 is 2.53 bits per heavy atom. The largest absolute Gasteiger partial charge is 0.459 e. The molecule has 0 spiro atoms. The molecule has 0 aliphatic carbocycles. The number of rotatable bonds is 2. The molecule has 0 fully saturated rings. The van der Waals surface area contributed by atoms with Crippen LogP contribution in [-0.2, 0) is 16.0 Å². The van der Waals surface area contributed by atoms with Gasteiger partial charge in [-0.3, -0.25) is 0 Å². The van der Waals surface area contributed by atoms with E-state index < -0.39 is 5.97 Å². The number of ether oxygens (including phenoxy) is 1. The minimum absolute atomic E-state index is 0.507. The first-order valence-corrected chi connectivity index (χ1v) is 4.95. The van der Waals surface area contributed by atoms with Crippen LogP contribution >= 0.6 is 0 Å². The van der Waals surface area contributed by atoms with Crippen LogP contribution in [0.2, 0.25) is 0 Å². The number of methoxy groups -OCH3 is 1. The second-order valence-corrected chi connectivity index (χ2v) is 3.19. The minimum Gasteiger partial charge on any atom is -0.459 e. The van der Waals surface area contributed by atoms with E-state index in [4.69, 9.17) is 0 Å². The Balaban J connectivity index is 2.70. The lowest BCUT2D eigenvalue weighted by atomic mass is 10.1. The van der Waals surface area contributed by atoms with Crippen LogP contribution in [0.3, 0.4) is 0 Å². The van der Waals surface area contributed by atoms with Crippen molar-refractivity contribution in [2.24, 2.45) is 0 Å². The van der Waals surface area contributed by atoms with Crippen molar-refractivity contribution in [2.75, 3.05) is 7.11 Å². The molecule has 0 amide bonds. The van der Waals surface area contributed by atoms with Crippen LogP contribution in [-0.4, -0.2) is 13.1 Å². The van der Waals surface area contributed by atoms with Crippen molar-refractivity contribution >= 4 is 5.97 Å². The molecule has 78 valence electrons. The van der Waals surface area contributed by atoms with Gasteiger partial charge in [-0.25, -0.2) is 4.79 Å². The fraction of sp³-hybridized carbons (Fsp3) is 0.308. The van der Waals surface area contributed by atoms with Crippen LogP contribution < -0.4 is 0 Å². The van der Waals surface area contributed by atoms with Gasteiger partial charge in [-0.05, 0) is 24.1 Å². The third kappa shape index (κ3) is 3.86. The van der Waals surface area contributed by atoms with Crippen molar-refractivity contribution in [1.29, 1.82) is 0 Å². The molecule has 0 aliphatic rings. The molecule has 0 radical (unpaired) electrons. The Kier molecular flexibility index (Phi) is 4.43. The standard InChI is InChI=1S/C13H14O2/c1-3-4-11-5-7-12(8-6-11)9-10-13(14)15-2/h5-8H,3-4H2,1-2H3. The van der Waals surface area contributed by atoms with E-state index in [1.807, 2.05) is 24.3 Å². The highest BCUT2D eigenvalue weighted by atomic mass is 16.5. The zero-order valence-corrected chi connectivity index (χ0v) is 9.04. The summed E-state index contributed by atoms with van der Waals surface area (Å²) in [6.45, 7) is 2.14. The van der Waals surface area contributed by atoms with E-state index in [0.717, 1.165) is 18.4 Å². The van der Waals surface area contributed by atoms with Gasteiger partial charge >= 0.3 is 5.97 Å². The number of carbonyl (C=O) groups excluding carboxylic acids is 1. The molecule has 0 heterocycles. The van der Waals surface area contributed by atoms with Crippen molar-refractivity contribution < 1.29 is 9.53 Å². The summed E-state index contributed by atoms with van der Waals surface area (Å²) in [5.74, 6) is 4.62. The molecule has 2 heteroatoms. The highest BCUT2D eigenvalue weighted by molar-refractivity contribution is 5.88. The molecule has 0 bridgehead atoms. The summed E-state index contributed by atoms with van der Waals surface area (Å²) in [4.78, 5) is 10.8. The maximum atomic E-state index is 10.8. The number of aryl methyl sites for hydroxylation is 1. The number of benzene rings is 1. The van der Waals surface area contributed by atoms with E-state index in [2.05, 4.69) is 23.5 Å². The summed E-state index contributed by atoms with van der Waals surface area (Å²) in [5, 5.41) is 0. The maximum absolute atomic E-state index is 10.8. The van der Waals surface area contributed by atoms with Gasteiger partial charge < -0.3 is 4.74 Å². The van der Waals surface area contributed by atoms with Gasteiger partial charge in [-0.15, -0.1) is 0 Å². The summed E-state index contributed by atoms with van der Waals surface area (Å²) in [7, 11) is 1.32. The lowest BCUT2D eigenvalue weighted by molar-refractivity contribution is -0.133. The molecular weight excluding hydrogens is 188 g/mol. The van der Waals surface area contributed by atoms with Crippen LogP contribution in [0, 0.1) is 11.8 Å². The molecule has 0 saturated carbocycles. The monoisotopic (exact) mass is 202 g/mol. The molecule has 1 aromatic carbocycles. The average molecular weight is 202 g/mol. The van der Waals surface area contributed by atoms with Gasteiger partial charge in [0.15, 0.2) is 0 Å². The van der Waals surface area contributed by atoms with Gasteiger partial charge in [0.1, 0.15) is 0 Å². The summed E-state index contributed by atoms with van der Waals surface area (Å²) >= 11 is 0. The Morgan fingerprint density at radius 1 is 1.33 bits per heavy atom. The maximum Gasteiger partial charge on any atom is 0.384 e. The van der Waals surface area contributed by atoms with E-state index in [0.29, 0.717) is 0 Å². The molecule has 2 nitrogen and oxygen atoms in total. The molecule has 1 rings (SSSR count). The molecule has 0 aliphatic heterocycles. The Labute approximate surface area is 90.3 Å². The third-order valence-corrected chi connectivity index (χ3v) is 1.99. The fourth-order valence-corrected chi connectivity index (χ4v) is 1.22. The van der Waals surface area contributed by atoms with Crippen molar-refractivity contribution in [2.45, 2.75) is 19.8 Å². The van der Waals surface area contributed by atoms with E-state index >= 15 is 0 Å². The van der Waals surface area contributed by atoms with Gasteiger partial charge in [0.05, 0.1) is 7.11 Å². The topological polar surface area (TPSA) is 26.3 Å². The first-order valence-electron chi connectivity index (χ1n) is 4.95. The lowest BCUT2D eigenvalue weighted by Crippen LogP contribution is -1.94. The van der Waals surface area contributed by atoms with Crippen LogP contribution in [0.5, 0.6) is 0 Å². The van der Waals surface area contributed by atoms with E-state index in [9.17, 15) is 4.79 Å². The lowest BCUT2D eigenvalue weighted by Gasteiger charge is -1.97. The second-order valence-electron chi connectivity index (χ2n) is 3.19. The predicted molar refractivity (Wildman–Crippen MR) is 59.3 cm³/mol. The number of esters is 1. The predicted octanol–water partition coefficient (Wildman–Crippen LogP) is 2.16. The minimum atomic E-state index is -0.507. The van der Waals surface area contributed by atoms with Crippen molar-refractivity contribution in [3.05, 3.63) is 35.4 Å². The van der Waals surface area contributed by atoms with E-state index in [1.165, 1.54) is 12.7 Å². The SMILES string of the molecule is CCCc1ccc(C#CC(=O)OC)cc1. The van der Waals surface area contributed by atoms with E-state index in [-0.39, 0.29) is 0 Å². The molecule has 0 saturated heterocycles. The smallest absolute Gasteiger partial charge is 0.384 e. The van der Waals surface area contributed by atoms with Gasteiger partial charge in [0.25, 0.3) is 0 Å². The van der Waals surface area contributed by atoms with Gasteiger partial charge in [0.2, 0.25) is 0 Å². The highest BCUT2D eigenvalue weighted by Crippen LogP contribution is 2.05. The van der Waals surface area contributed by atoms with Crippen LogP contribution in [0.25, 0.3) is 0 Å². The summed E-state index contributed by atoms with van der Waals surface area (Å²) in [6, 6.07) is 7.90. The Hall–Kier alpha value is -1.75. The second kappa shape index (κ2) is 5.87. The molecule has 1 aromatic rings. The molecule has 0 unspecified atom stereocenters. The quantitative estimate of drug-likeness (QED) is 0.542. The van der Waals surface area contributed by atoms with E-state index in [1.54, 1.807) is 0 Å². The zero-order valence-electron chi connectivity index (χ0n) is 9.04. The third-order valence-electron chi connectivity index (χ3n) is 1.99. The Bertz CT molecular complexity index is 379. The van der Waals surface area contributed by atoms with Gasteiger partial charge in [-0.1, -0.05) is 31.4 Å². The molecule has 0 atom stereocenters. The first-order chi connectivity index (χ1) is 7.26. The first kappa shape index (κ1) is 11.3. The normalized spacial score (nSPS) is 8.93. The fourth-order valence-electron chi connectivity index (χ4n) is 1.22. The average Bonchev–Trinajstić information content (AvgIpc) is 2.28. The molecular formula is C13H14O2. The summed E-state index contributed by atoms with van der Waals surface area (Å²) < 4.78 is 4.42. The summed E-state index contributed by atoms with van der Waals surface area (Å²) in [6.07, 6.45) is 2.21. The Morgan fingerprint density at radius 2 is 2.00 bits per heavy atom. The molecule has 0 aromatic heterocycles. The van der Waals surface area contributed by atoms with Gasteiger partial charge in [-0.2, -0.15) is 0 Å². The highest BCUT2D eigenvalue weighted by Gasteiger charge is 1.92. The molecule has 0 N–H and O–H groups in total. The number of hydrogen-bond acceptors (Lipinski definition) is 2. The summed E-state index contributed by atoms with van der Waals surface area (Å²) in [5.41, 5.74) is 2.13. The van der Waals surface area contributed by atoms with Crippen molar-refractivity contribution in [3.63, 3.8) is 0 Å². The number of hydrogen-bond donors (Lipinski definition) is 0. The van der Waals surface area contributed by atoms with Crippen LogP contribution in [0.4, 0.5) is 0 Å². The number of carbonyl (C=O) groups is 1. The molecule has 15 heavy (non-hydrogen) atoms. The van der Waals surface area contributed by atoms with Crippen molar-refractivity contribution in [1.82, 2.24) is 0 Å².